The number of thiazole rings is 1. The summed E-state index contributed by atoms with van der Waals surface area (Å²) in [4.78, 5) is 27.3. The lowest BCUT2D eigenvalue weighted by Crippen LogP contribution is -2.21. The molecule has 0 aliphatic rings. The maximum absolute atomic E-state index is 11.8. The standard InChI is InChI=1S/C13H15N3O3S2/c1-3-19-12(18)4-9-6-20-13(16-9)21-7-11(17)10(5-14)8(2)15/h6,10,15H,3-4,7H2,1-2H3/t10-/m0/s1. The van der Waals surface area contributed by atoms with Crippen LogP contribution >= 0.6 is 23.1 Å². The molecule has 1 N–H and O–H groups in total. The van der Waals surface area contributed by atoms with E-state index in [9.17, 15) is 9.59 Å². The Bertz CT molecular complexity index is 577. The first kappa shape index (κ1) is 17.3. The number of nitrogens with zero attached hydrogens (tertiary/aromatic N) is 2. The molecule has 1 heterocycles. The van der Waals surface area contributed by atoms with Crippen molar-refractivity contribution in [3.8, 4) is 6.07 Å². The Hall–Kier alpha value is -1.72. The number of ketones is 1. The Labute approximate surface area is 131 Å². The quantitative estimate of drug-likeness (QED) is 0.446. The summed E-state index contributed by atoms with van der Waals surface area (Å²) in [5, 5.41) is 17.9. The van der Waals surface area contributed by atoms with Crippen molar-refractivity contribution in [3.05, 3.63) is 11.1 Å². The number of hydrogen-bond donors (Lipinski definition) is 1. The summed E-state index contributed by atoms with van der Waals surface area (Å²) < 4.78 is 5.49. The highest BCUT2D eigenvalue weighted by Crippen LogP contribution is 2.24. The summed E-state index contributed by atoms with van der Waals surface area (Å²) in [7, 11) is 0. The van der Waals surface area contributed by atoms with Gasteiger partial charge in [-0.15, -0.1) is 11.3 Å². The second kappa shape index (κ2) is 8.54. The first-order valence-electron chi connectivity index (χ1n) is 6.18. The van der Waals surface area contributed by atoms with Crippen LogP contribution in [0.1, 0.15) is 19.5 Å². The van der Waals surface area contributed by atoms with Crippen LogP contribution in [0.25, 0.3) is 0 Å². The molecule has 0 bridgehead atoms. The van der Waals surface area contributed by atoms with Crippen molar-refractivity contribution in [1.82, 2.24) is 4.98 Å². The van der Waals surface area contributed by atoms with Crippen LogP contribution in [0, 0.1) is 22.7 Å². The van der Waals surface area contributed by atoms with Crippen molar-refractivity contribution in [1.29, 1.82) is 10.7 Å². The van der Waals surface area contributed by atoms with Gasteiger partial charge in [0, 0.05) is 11.1 Å². The number of rotatable bonds is 8. The third kappa shape index (κ3) is 5.65. The highest BCUT2D eigenvalue weighted by molar-refractivity contribution is 8.01. The third-order valence-electron chi connectivity index (χ3n) is 2.38. The van der Waals surface area contributed by atoms with E-state index in [1.165, 1.54) is 30.0 Å². The van der Waals surface area contributed by atoms with Crippen LogP contribution in [-0.4, -0.2) is 34.8 Å². The first-order valence-corrected chi connectivity index (χ1v) is 8.04. The second-order valence-corrected chi connectivity index (χ2v) is 6.17. The van der Waals surface area contributed by atoms with E-state index >= 15 is 0 Å². The third-order valence-corrected chi connectivity index (χ3v) is 4.48. The van der Waals surface area contributed by atoms with Gasteiger partial charge in [0.05, 0.1) is 30.5 Å². The lowest BCUT2D eigenvalue weighted by atomic mass is 10.0. The molecule has 112 valence electrons. The predicted molar refractivity (Wildman–Crippen MR) is 80.7 cm³/mol. The van der Waals surface area contributed by atoms with E-state index < -0.39 is 5.92 Å². The number of thioether (sulfide) groups is 1. The molecule has 0 aliphatic carbocycles. The summed E-state index contributed by atoms with van der Waals surface area (Å²) in [6, 6.07) is 1.82. The van der Waals surface area contributed by atoms with E-state index in [0.29, 0.717) is 16.6 Å². The zero-order valence-electron chi connectivity index (χ0n) is 11.7. The van der Waals surface area contributed by atoms with Gasteiger partial charge in [0.2, 0.25) is 0 Å². The molecule has 1 rings (SSSR count). The molecule has 0 radical (unpaired) electrons. The van der Waals surface area contributed by atoms with Crippen LogP contribution < -0.4 is 0 Å². The van der Waals surface area contributed by atoms with Crippen LogP contribution in [0.3, 0.4) is 0 Å². The summed E-state index contributed by atoms with van der Waals surface area (Å²) in [6.07, 6.45) is 0.110. The zero-order chi connectivity index (χ0) is 15.8. The van der Waals surface area contributed by atoms with Gasteiger partial charge in [-0.1, -0.05) is 11.8 Å². The van der Waals surface area contributed by atoms with Gasteiger partial charge in [-0.25, -0.2) is 4.98 Å². The Balaban J connectivity index is 2.52. The molecule has 0 spiro atoms. The van der Waals surface area contributed by atoms with Crippen LogP contribution in [-0.2, 0) is 20.7 Å². The zero-order valence-corrected chi connectivity index (χ0v) is 13.3. The minimum absolute atomic E-state index is 0.0465. The van der Waals surface area contributed by atoms with E-state index in [0.717, 1.165) is 0 Å². The van der Waals surface area contributed by atoms with E-state index in [-0.39, 0.29) is 29.6 Å². The summed E-state index contributed by atoms with van der Waals surface area (Å²) >= 11 is 2.54. The monoisotopic (exact) mass is 325 g/mol. The molecule has 0 fully saturated rings. The fourth-order valence-electron chi connectivity index (χ4n) is 1.42. The Morgan fingerprint density at radius 3 is 2.90 bits per heavy atom. The lowest BCUT2D eigenvalue weighted by Gasteiger charge is -2.04. The smallest absolute Gasteiger partial charge is 0.311 e. The van der Waals surface area contributed by atoms with Crippen molar-refractivity contribution in [2.45, 2.75) is 24.6 Å². The van der Waals surface area contributed by atoms with Crippen molar-refractivity contribution in [2.75, 3.05) is 12.4 Å². The predicted octanol–water partition coefficient (Wildman–Crippen LogP) is 2.09. The molecule has 0 saturated carbocycles. The lowest BCUT2D eigenvalue weighted by molar-refractivity contribution is -0.142. The fraction of sp³-hybridized carbons (Fsp3) is 0.462. The van der Waals surface area contributed by atoms with Gasteiger partial charge >= 0.3 is 5.97 Å². The minimum Gasteiger partial charge on any atom is -0.466 e. The molecule has 0 amide bonds. The van der Waals surface area contributed by atoms with Gasteiger partial charge in [-0.3, -0.25) is 9.59 Å². The molecule has 0 unspecified atom stereocenters. The number of esters is 1. The molecule has 21 heavy (non-hydrogen) atoms. The van der Waals surface area contributed by atoms with Crippen molar-refractivity contribution in [2.24, 2.45) is 5.92 Å². The summed E-state index contributed by atoms with van der Waals surface area (Å²) in [5.41, 5.74) is 0.652. The van der Waals surface area contributed by atoms with Gasteiger partial charge < -0.3 is 10.1 Å². The largest absolute Gasteiger partial charge is 0.466 e. The first-order chi connectivity index (χ1) is 9.97. The molecule has 1 aromatic rings. The van der Waals surface area contributed by atoms with Gasteiger partial charge in [0.15, 0.2) is 10.1 Å². The van der Waals surface area contributed by atoms with Crippen molar-refractivity contribution >= 4 is 40.6 Å². The Morgan fingerprint density at radius 1 is 1.62 bits per heavy atom. The molecular formula is C13H15N3O3S2. The van der Waals surface area contributed by atoms with Crippen LogP contribution in [0.5, 0.6) is 0 Å². The number of nitriles is 1. The maximum Gasteiger partial charge on any atom is 0.311 e. The number of nitrogens with one attached hydrogen (secondary N) is 1. The van der Waals surface area contributed by atoms with Gasteiger partial charge in [0.1, 0.15) is 5.92 Å². The SMILES string of the molecule is CCOC(=O)Cc1csc(SCC(=O)[C@@H](C#N)C(C)=N)n1. The highest BCUT2D eigenvalue weighted by Gasteiger charge is 2.20. The second-order valence-electron chi connectivity index (χ2n) is 4.09. The molecule has 6 nitrogen and oxygen atoms in total. The number of ether oxygens (including phenoxy) is 1. The average Bonchev–Trinajstić information content (AvgIpc) is 2.84. The molecule has 0 aromatic carbocycles. The maximum atomic E-state index is 11.8. The molecule has 0 saturated heterocycles. The highest BCUT2D eigenvalue weighted by atomic mass is 32.2. The molecule has 1 aromatic heterocycles. The normalized spacial score (nSPS) is 11.5. The van der Waals surface area contributed by atoms with Gasteiger partial charge in [0.25, 0.3) is 0 Å². The Kier molecular flexibility index (Phi) is 7.05. The fourth-order valence-corrected chi connectivity index (χ4v) is 3.17. The number of Topliss-reactive ketones (excluding diaryl/α,β-unsaturated/α-hetero) is 1. The number of carbonyl (C=O) groups is 2. The number of hydrogen-bond acceptors (Lipinski definition) is 8. The van der Waals surface area contributed by atoms with E-state index in [1.54, 1.807) is 12.3 Å². The van der Waals surface area contributed by atoms with Crippen molar-refractivity contribution < 1.29 is 14.3 Å². The Morgan fingerprint density at radius 2 is 2.33 bits per heavy atom. The van der Waals surface area contributed by atoms with Gasteiger partial charge in [-0.05, 0) is 13.8 Å². The van der Waals surface area contributed by atoms with E-state index in [1.807, 2.05) is 6.07 Å². The number of aromatic nitrogens is 1. The topological polar surface area (TPSA) is 104 Å². The summed E-state index contributed by atoms with van der Waals surface area (Å²) in [6.45, 7) is 3.51. The average molecular weight is 325 g/mol. The van der Waals surface area contributed by atoms with Crippen LogP contribution in [0.4, 0.5) is 0 Å². The van der Waals surface area contributed by atoms with Gasteiger partial charge in [-0.2, -0.15) is 5.26 Å². The summed E-state index contributed by atoms with van der Waals surface area (Å²) in [5.74, 6) is -1.55. The van der Waals surface area contributed by atoms with Crippen molar-refractivity contribution in [3.63, 3.8) is 0 Å². The molecule has 0 aliphatic heterocycles. The van der Waals surface area contributed by atoms with E-state index in [4.69, 9.17) is 15.4 Å². The van der Waals surface area contributed by atoms with Crippen LogP contribution in [0.15, 0.2) is 9.72 Å². The molecular weight excluding hydrogens is 310 g/mol. The van der Waals surface area contributed by atoms with Crippen LogP contribution in [0.2, 0.25) is 0 Å². The minimum atomic E-state index is -0.989. The molecule has 1 atom stereocenters. The molecule has 8 heteroatoms. The number of carbonyl (C=O) groups excluding carboxylic acids is 2. The van der Waals surface area contributed by atoms with E-state index in [2.05, 4.69) is 4.98 Å².